The SMILES string of the molecule is CCNc1nc(-c2ncc[nH]2)nc(-c2ccccc2)c1Br. The fraction of sp³-hybridized carbons (Fsp3) is 0.133. The molecule has 6 heteroatoms. The zero-order valence-electron chi connectivity index (χ0n) is 11.5. The maximum absolute atomic E-state index is 4.64. The lowest BCUT2D eigenvalue weighted by Gasteiger charge is -2.11. The van der Waals surface area contributed by atoms with E-state index in [0.29, 0.717) is 11.6 Å². The molecule has 2 N–H and O–H groups in total. The first-order valence-corrected chi connectivity index (χ1v) is 7.45. The summed E-state index contributed by atoms with van der Waals surface area (Å²) in [5.74, 6) is 1.98. The summed E-state index contributed by atoms with van der Waals surface area (Å²) in [5.41, 5.74) is 1.87. The Balaban J connectivity index is 2.18. The van der Waals surface area contributed by atoms with E-state index >= 15 is 0 Å². The third kappa shape index (κ3) is 2.80. The van der Waals surface area contributed by atoms with Crippen molar-refractivity contribution in [2.45, 2.75) is 6.92 Å². The van der Waals surface area contributed by atoms with E-state index in [9.17, 15) is 0 Å². The number of imidazole rings is 1. The minimum atomic E-state index is 0.568. The normalized spacial score (nSPS) is 10.6. The van der Waals surface area contributed by atoms with Gasteiger partial charge in [0.2, 0.25) is 0 Å². The Labute approximate surface area is 131 Å². The summed E-state index contributed by atoms with van der Waals surface area (Å²) >= 11 is 3.60. The van der Waals surface area contributed by atoms with Crippen LogP contribution in [-0.2, 0) is 0 Å². The van der Waals surface area contributed by atoms with E-state index in [-0.39, 0.29) is 0 Å². The van der Waals surface area contributed by atoms with Crippen molar-refractivity contribution in [3.8, 4) is 22.9 Å². The highest BCUT2D eigenvalue weighted by Gasteiger charge is 2.15. The van der Waals surface area contributed by atoms with E-state index in [4.69, 9.17) is 0 Å². The van der Waals surface area contributed by atoms with Crippen LogP contribution < -0.4 is 5.32 Å². The highest BCUT2D eigenvalue weighted by Crippen LogP contribution is 2.33. The first kappa shape index (κ1) is 13.8. The molecule has 0 atom stereocenters. The van der Waals surface area contributed by atoms with Crippen molar-refractivity contribution in [2.24, 2.45) is 0 Å². The molecule has 0 fully saturated rings. The van der Waals surface area contributed by atoms with Crippen LogP contribution in [0.25, 0.3) is 22.9 Å². The molecular weight excluding hydrogens is 330 g/mol. The van der Waals surface area contributed by atoms with Crippen molar-refractivity contribution in [3.05, 3.63) is 47.2 Å². The fourth-order valence-electron chi connectivity index (χ4n) is 2.01. The van der Waals surface area contributed by atoms with E-state index in [0.717, 1.165) is 28.1 Å². The molecule has 3 rings (SSSR count). The van der Waals surface area contributed by atoms with Crippen molar-refractivity contribution < 1.29 is 0 Å². The van der Waals surface area contributed by atoms with E-state index in [2.05, 4.69) is 41.2 Å². The molecule has 0 spiro atoms. The second-order valence-electron chi connectivity index (χ2n) is 4.39. The summed E-state index contributed by atoms with van der Waals surface area (Å²) in [6, 6.07) is 10.0. The number of H-pyrrole nitrogens is 1. The topological polar surface area (TPSA) is 66.5 Å². The maximum Gasteiger partial charge on any atom is 0.198 e. The number of nitrogens with zero attached hydrogens (tertiary/aromatic N) is 3. The first-order chi connectivity index (χ1) is 10.3. The average molecular weight is 344 g/mol. The van der Waals surface area contributed by atoms with Crippen molar-refractivity contribution in [1.29, 1.82) is 0 Å². The molecule has 0 saturated carbocycles. The Hall–Kier alpha value is -2.21. The zero-order chi connectivity index (χ0) is 14.7. The van der Waals surface area contributed by atoms with Crippen LogP contribution in [-0.4, -0.2) is 26.5 Å². The fourth-order valence-corrected chi connectivity index (χ4v) is 2.56. The van der Waals surface area contributed by atoms with E-state index in [1.165, 1.54) is 0 Å². The van der Waals surface area contributed by atoms with Crippen LogP contribution in [0.4, 0.5) is 5.82 Å². The number of nitrogens with one attached hydrogen (secondary N) is 2. The van der Waals surface area contributed by atoms with Gasteiger partial charge in [0.1, 0.15) is 5.82 Å². The second kappa shape index (κ2) is 6.05. The standard InChI is InChI=1S/C15H14BrN5/c1-2-17-13-11(16)12(10-6-4-3-5-7-10)20-15(21-13)14-18-8-9-19-14/h3-9H,2H2,1H3,(H,18,19)(H,17,20,21). The predicted molar refractivity (Wildman–Crippen MR) is 86.9 cm³/mol. The van der Waals surface area contributed by atoms with Gasteiger partial charge < -0.3 is 10.3 Å². The number of anilines is 1. The lowest BCUT2D eigenvalue weighted by molar-refractivity contribution is 1.08. The Morgan fingerprint density at radius 1 is 1.19 bits per heavy atom. The summed E-state index contributed by atoms with van der Waals surface area (Å²) in [4.78, 5) is 16.4. The molecular formula is C15H14BrN5. The van der Waals surface area contributed by atoms with Crippen LogP contribution in [0, 0.1) is 0 Å². The molecule has 0 unspecified atom stereocenters. The zero-order valence-corrected chi connectivity index (χ0v) is 13.1. The Kier molecular flexibility index (Phi) is 3.96. The third-order valence-corrected chi connectivity index (χ3v) is 3.70. The highest BCUT2D eigenvalue weighted by atomic mass is 79.9. The molecule has 2 heterocycles. The Morgan fingerprint density at radius 2 is 2.00 bits per heavy atom. The number of benzene rings is 1. The van der Waals surface area contributed by atoms with Gasteiger partial charge in [-0.15, -0.1) is 0 Å². The largest absolute Gasteiger partial charge is 0.369 e. The molecule has 0 bridgehead atoms. The van der Waals surface area contributed by atoms with Gasteiger partial charge in [-0.05, 0) is 22.9 Å². The van der Waals surface area contributed by atoms with Gasteiger partial charge in [0.25, 0.3) is 0 Å². The molecule has 21 heavy (non-hydrogen) atoms. The number of rotatable bonds is 4. The van der Waals surface area contributed by atoms with Gasteiger partial charge in [0, 0.05) is 24.5 Å². The summed E-state index contributed by atoms with van der Waals surface area (Å²) in [6.07, 6.45) is 3.45. The summed E-state index contributed by atoms with van der Waals surface area (Å²) < 4.78 is 0.853. The lowest BCUT2D eigenvalue weighted by Crippen LogP contribution is -2.05. The molecule has 0 aliphatic heterocycles. The van der Waals surface area contributed by atoms with E-state index < -0.39 is 0 Å². The number of hydrogen-bond acceptors (Lipinski definition) is 4. The lowest BCUT2D eigenvalue weighted by atomic mass is 10.1. The molecule has 3 aromatic rings. The minimum Gasteiger partial charge on any atom is -0.369 e. The molecule has 0 amide bonds. The average Bonchev–Trinajstić information content (AvgIpc) is 3.05. The van der Waals surface area contributed by atoms with Crippen LogP contribution in [0.2, 0.25) is 0 Å². The summed E-state index contributed by atoms with van der Waals surface area (Å²) in [7, 11) is 0. The summed E-state index contributed by atoms with van der Waals surface area (Å²) in [5, 5.41) is 3.25. The van der Waals surface area contributed by atoms with Crippen molar-refractivity contribution in [2.75, 3.05) is 11.9 Å². The van der Waals surface area contributed by atoms with Crippen molar-refractivity contribution in [1.82, 2.24) is 19.9 Å². The molecule has 0 aliphatic rings. The number of halogens is 1. The van der Waals surface area contributed by atoms with Gasteiger partial charge in [-0.1, -0.05) is 30.3 Å². The third-order valence-electron chi connectivity index (χ3n) is 2.95. The molecule has 1 aromatic carbocycles. The smallest absolute Gasteiger partial charge is 0.198 e. The van der Waals surface area contributed by atoms with Gasteiger partial charge in [0.15, 0.2) is 11.6 Å². The van der Waals surface area contributed by atoms with Crippen molar-refractivity contribution in [3.63, 3.8) is 0 Å². The Morgan fingerprint density at radius 3 is 2.67 bits per heavy atom. The van der Waals surface area contributed by atoms with Gasteiger partial charge in [-0.25, -0.2) is 15.0 Å². The highest BCUT2D eigenvalue weighted by molar-refractivity contribution is 9.10. The maximum atomic E-state index is 4.64. The number of aromatic amines is 1. The molecule has 0 radical (unpaired) electrons. The molecule has 106 valence electrons. The van der Waals surface area contributed by atoms with Gasteiger partial charge >= 0.3 is 0 Å². The molecule has 2 aromatic heterocycles. The van der Waals surface area contributed by atoms with Gasteiger partial charge in [-0.3, -0.25) is 0 Å². The van der Waals surface area contributed by atoms with Crippen LogP contribution in [0.15, 0.2) is 47.2 Å². The molecule has 5 nitrogen and oxygen atoms in total. The predicted octanol–water partition coefficient (Wildman–Crippen LogP) is 3.73. The van der Waals surface area contributed by atoms with Crippen LogP contribution >= 0.6 is 15.9 Å². The summed E-state index contributed by atoms with van der Waals surface area (Å²) in [6.45, 7) is 2.81. The van der Waals surface area contributed by atoms with Gasteiger partial charge in [0.05, 0.1) is 10.2 Å². The first-order valence-electron chi connectivity index (χ1n) is 6.66. The number of aromatic nitrogens is 4. The van der Waals surface area contributed by atoms with Crippen LogP contribution in [0.5, 0.6) is 0 Å². The minimum absolute atomic E-state index is 0.568. The second-order valence-corrected chi connectivity index (χ2v) is 5.19. The Bertz CT molecular complexity index is 725. The monoisotopic (exact) mass is 343 g/mol. The van der Waals surface area contributed by atoms with Crippen molar-refractivity contribution >= 4 is 21.7 Å². The molecule has 0 aliphatic carbocycles. The van der Waals surface area contributed by atoms with E-state index in [1.807, 2.05) is 37.3 Å². The molecule has 0 saturated heterocycles. The van der Waals surface area contributed by atoms with Crippen LogP contribution in [0.1, 0.15) is 6.92 Å². The van der Waals surface area contributed by atoms with Crippen LogP contribution in [0.3, 0.4) is 0 Å². The number of hydrogen-bond donors (Lipinski definition) is 2. The quantitative estimate of drug-likeness (QED) is 0.757. The van der Waals surface area contributed by atoms with E-state index in [1.54, 1.807) is 12.4 Å². The van der Waals surface area contributed by atoms with Gasteiger partial charge in [-0.2, -0.15) is 0 Å².